The number of nitrogens with one attached hydrogen (secondary N) is 1. The summed E-state index contributed by atoms with van der Waals surface area (Å²) in [4.78, 5) is 4.39. The Kier molecular flexibility index (Phi) is 4.12. The van der Waals surface area contributed by atoms with Gasteiger partial charge in [-0.1, -0.05) is 29.8 Å². The second-order valence-corrected chi connectivity index (χ2v) is 4.47. The van der Waals surface area contributed by atoms with Crippen LogP contribution in [0.4, 0.5) is 0 Å². The Balaban J connectivity index is 2.20. The van der Waals surface area contributed by atoms with Gasteiger partial charge in [0.25, 0.3) is 0 Å². The van der Waals surface area contributed by atoms with E-state index in [1.165, 1.54) is 11.1 Å². The number of hydrazine groups is 1. The normalized spacial score (nSPS) is 12.6. The van der Waals surface area contributed by atoms with E-state index < -0.39 is 0 Å². The molecule has 2 aromatic rings. The van der Waals surface area contributed by atoms with Crippen LogP contribution in [0.2, 0.25) is 0 Å². The van der Waals surface area contributed by atoms with Gasteiger partial charge in [0.1, 0.15) is 5.82 Å². The quantitative estimate of drug-likeness (QED) is 0.624. The minimum absolute atomic E-state index is 0.0950. The van der Waals surface area contributed by atoms with Gasteiger partial charge in [-0.15, -0.1) is 0 Å². The first-order valence-corrected chi connectivity index (χ1v) is 6.27. The Morgan fingerprint density at radius 3 is 2.94 bits per heavy atom. The highest BCUT2D eigenvalue weighted by atomic mass is 15.2. The van der Waals surface area contributed by atoms with E-state index in [4.69, 9.17) is 5.84 Å². The Hall–Kier alpha value is -1.65. The van der Waals surface area contributed by atoms with Crippen molar-refractivity contribution in [3.05, 3.63) is 53.6 Å². The fraction of sp³-hybridized carbons (Fsp3) is 0.357. The van der Waals surface area contributed by atoms with E-state index in [0.717, 1.165) is 18.8 Å². The number of aromatic nitrogens is 2. The topological polar surface area (TPSA) is 55.9 Å². The van der Waals surface area contributed by atoms with Crippen LogP contribution in [0.1, 0.15) is 29.9 Å². The van der Waals surface area contributed by atoms with Crippen molar-refractivity contribution in [2.75, 3.05) is 0 Å². The van der Waals surface area contributed by atoms with Crippen LogP contribution < -0.4 is 11.3 Å². The number of benzene rings is 1. The van der Waals surface area contributed by atoms with E-state index >= 15 is 0 Å². The molecule has 0 saturated carbocycles. The predicted molar refractivity (Wildman–Crippen MR) is 72.8 cm³/mol. The van der Waals surface area contributed by atoms with Gasteiger partial charge in [0, 0.05) is 25.4 Å². The van der Waals surface area contributed by atoms with Crippen LogP contribution in [0.3, 0.4) is 0 Å². The Morgan fingerprint density at radius 2 is 2.28 bits per heavy atom. The van der Waals surface area contributed by atoms with Gasteiger partial charge in [0.05, 0.1) is 6.04 Å². The van der Waals surface area contributed by atoms with E-state index in [9.17, 15) is 0 Å². The summed E-state index contributed by atoms with van der Waals surface area (Å²) in [6.45, 7) is 5.13. The van der Waals surface area contributed by atoms with E-state index in [1.807, 2.05) is 12.4 Å². The summed E-state index contributed by atoms with van der Waals surface area (Å²) in [5.41, 5.74) is 5.32. The highest BCUT2D eigenvalue weighted by molar-refractivity contribution is 5.25. The summed E-state index contributed by atoms with van der Waals surface area (Å²) >= 11 is 0. The van der Waals surface area contributed by atoms with Crippen molar-refractivity contribution in [3.8, 4) is 0 Å². The number of nitrogens with two attached hydrogens (primary N) is 1. The molecule has 2 rings (SSSR count). The number of rotatable bonds is 5. The van der Waals surface area contributed by atoms with Crippen molar-refractivity contribution in [1.29, 1.82) is 0 Å². The third kappa shape index (κ3) is 2.78. The fourth-order valence-electron chi connectivity index (χ4n) is 2.16. The maximum Gasteiger partial charge on any atom is 0.110 e. The van der Waals surface area contributed by atoms with Crippen molar-refractivity contribution in [2.45, 2.75) is 32.9 Å². The molecular weight excluding hydrogens is 224 g/mol. The van der Waals surface area contributed by atoms with E-state index in [2.05, 4.69) is 53.1 Å². The molecule has 0 radical (unpaired) electrons. The lowest BCUT2D eigenvalue weighted by Gasteiger charge is -2.17. The summed E-state index contributed by atoms with van der Waals surface area (Å²) in [5, 5.41) is 0. The molecule has 4 nitrogen and oxygen atoms in total. The predicted octanol–water partition coefficient (Wildman–Crippen LogP) is 1.96. The van der Waals surface area contributed by atoms with Crippen LogP contribution in [0, 0.1) is 6.92 Å². The molecule has 1 atom stereocenters. The maximum absolute atomic E-state index is 5.68. The fourth-order valence-corrected chi connectivity index (χ4v) is 2.16. The highest BCUT2D eigenvalue weighted by Crippen LogP contribution is 2.18. The summed E-state index contributed by atoms with van der Waals surface area (Å²) in [5.74, 6) is 6.73. The van der Waals surface area contributed by atoms with Crippen molar-refractivity contribution in [2.24, 2.45) is 5.84 Å². The molecule has 3 N–H and O–H groups in total. The SMILES string of the molecule is CCn1ccnc1CC(NN)c1cccc(C)c1. The van der Waals surface area contributed by atoms with E-state index in [1.54, 1.807) is 0 Å². The molecule has 4 heteroatoms. The smallest absolute Gasteiger partial charge is 0.110 e. The largest absolute Gasteiger partial charge is 0.335 e. The van der Waals surface area contributed by atoms with Crippen molar-refractivity contribution in [3.63, 3.8) is 0 Å². The van der Waals surface area contributed by atoms with Crippen LogP contribution >= 0.6 is 0 Å². The maximum atomic E-state index is 5.68. The van der Waals surface area contributed by atoms with Gasteiger partial charge in [-0.2, -0.15) is 0 Å². The third-order valence-electron chi connectivity index (χ3n) is 3.17. The van der Waals surface area contributed by atoms with Crippen molar-refractivity contribution in [1.82, 2.24) is 15.0 Å². The van der Waals surface area contributed by atoms with Gasteiger partial charge >= 0.3 is 0 Å². The molecular formula is C14H20N4. The zero-order valence-corrected chi connectivity index (χ0v) is 10.9. The second kappa shape index (κ2) is 5.80. The van der Waals surface area contributed by atoms with Gasteiger partial charge < -0.3 is 4.57 Å². The molecule has 1 aromatic heterocycles. The lowest BCUT2D eigenvalue weighted by molar-refractivity contribution is 0.523. The molecule has 1 heterocycles. The molecule has 96 valence electrons. The molecule has 18 heavy (non-hydrogen) atoms. The van der Waals surface area contributed by atoms with Gasteiger partial charge in [0.2, 0.25) is 0 Å². The first-order chi connectivity index (χ1) is 8.74. The Morgan fingerprint density at radius 1 is 1.44 bits per heavy atom. The lowest BCUT2D eigenvalue weighted by atomic mass is 10.0. The number of nitrogens with zero attached hydrogens (tertiary/aromatic N) is 2. The summed E-state index contributed by atoms with van der Waals surface area (Å²) in [6.07, 6.45) is 4.63. The molecule has 0 aliphatic carbocycles. The first-order valence-electron chi connectivity index (χ1n) is 6.27. The molecule has 0 bridgehead atoms. The molecule has 0 saturated heterocycles. The highest BCUT2D eigenvalue weighted by Gasteiger charge is 2.13. The van der Waals surface area contributed by atoms with Crippen LogP contribution in [-0.4, -0.2) is 9.55 Å². The summed E-state index contributed by atoms with van der Waals surface area (Å²) in [7, 11) is 0. The average Bonchev–Trinajstić information content (AvgIpc) is 2.83. The monoisotopic (exact) mass is 244 g/mol. The molecule has 0 amide bonds. The van der Waals surface area contributed by atoms with Crippen molar-refractivity contribution < 1.29 is 0 Å². The minimum Gasteiger partial charge on any atom is -0.335 e. The van der Waals surface area contributed by atoms with Gasteiger partial charge in [-0.25, -0.2) is 4.98 Å². The molecule has 0 spiro atoms. The second-order valence-electron chi connectivity index (χ2n) is 4.47. The molecule has 1 aromatic carbocycles. The molecule has 0 fully saturated rings. The van der Waals surface area contributed by atoms with Crippen LogP contribution in [-0.2, 0) is 13.0 Å². The molecule has 0 aliphatic heterocycles. The molecule has 0 aliphatic rings. The third-order valence-corrected chi connectivity index (χ3v) is 3.17. The standard InChI is InChI=1S/C14H20N4/c1-3-18-8-7-16-14(18)10-13(17-15)12-6-4-5-11(2)9-12/h4-9,13,17H,3,10,15H2,1-2H3. The van der Waals surface area contributed by atoms with Crippen molar-refractivity contribution >= 4 is 0 Å². The van der Waals surface area contributed by atoms with Crippen LogP contribution in [0.5, 0.6) is 0 Å². The average molecular weight is 244 g/mol. The zero-order valence-electron chi connectivity index (χ0n) is 10.9. The number of imidazole rings is 1. The van der Waals surface area contributed by atoms with Crippen LogP contribution in [0.15, 0.2) is 36.7 Å². The first kappa shape index (κ1) is 12.8. The summed E-state index contributed by atoms with van der Waals surface area (Å²) in [6, 6.07) is 8.49. The van der Waals surface area contributed by atoms with Gasteiger partial charge in [-0.05, 0) is 19.4 Å². The van der Waals surface area contributed by atoms with Gasteiger partial charge in [-0.3, -0.25) is 11.3 Å². The lowest BCUT2D eigenvalue weighted by Crippen LogP contribution is -2.30. The Bertz CT molecular complexity index is 504. The number of hydrogen-bond acceptors (Lipinski definition) is 3. The Labute approximate surface area is 108 Å². The van der Waals surface area contributed by atoms with E-state index in [-0.39, 0.29) is 6.04 Å². The number of aryl methyl sites for hydroxylation is 2. The number of hydrogen-bond donors (Lipinski definition) is 2. The van der Waals surface area contributed by atoms with E-state index in [0.29, 0.717) is 0 Å². The van der Waals surface area contributed by atoms with Crippen LogP contribution in [0.25, 0.3) is 0 Å². The summed E-state index contributed by atoms with van der Waals surface area (Å²) < 4.78 is 2.14. The zero-order chi connectivity index (χ0) is 13.0. The molecule has 1 unspecified atom stereocenters. The minimum atomic E-state index is 0.0950. The van der Waals surface area contributed by atoms with Gasteiger partial charge in [0.15, 0.2) is 0 Å².